The van der Waals surface area contributed by atoms with Crippen LogP contribution in [0.5, 0.6) is 0 Å². The molecule has 0 fully saturated rings. The lowest BCUT2D eigenvalue weighted by Gasteiger charge is -2.22. The highest BCUT2D eigenvalue weighted by molar-refractivity contribution is 9.10. The minimum absolute atomic E-state index is 0. The van der Waals surface area contributed by atoms with Crippen LogP contribution in [-0.4, -0.2) is 19.0 Å². The van der Waals surface area contributed by atoms with E-state index in [0.717, 1.165) is 34.5 Å². The van der Waals surface area contributed by atoms with Crippen LogP contribution in [0.25, 0.3) is 0 Å². The van der Waals surface area contributed by atoms with E-state index in [2.05, 4.69) is 51.4 Å². The molecule has 28 heavy (non-hydrogen) atoms. The van der Waals surface area contributed by atoms with Gasteiger partial charge in [0.25, 0.3) is 5.91 Å². The molecule has 148 valence electrons. The van der Waals surface area contributed by atoms with E-state index in [4.69, 9.17) is 0 Å². The van der Waals surface area contributed by atoms with Crippen molar-refractivity contribution in [2.24, 2.45) is 0 Å². The lowest BCUT2D eigenvalue weighted by molar-refractivity contribution is -0.112. The molecule has 0 aliphatic heterocycles. The van der Waals surface area contributed by atoms with Crippen molar-refractivity contribution < 1.29 is 17.2 Å². The first kappa shape index (κ1) is 23.5. The monoisotopic (exact) mass is 461 g/mol. The van der Waals surface area contributed by atoms with Gasteiger partial charge in [-0.2, -0.15) is 5.26 Å². The Balaban J connectivity index is 0.00000392. The maximum Gasteiger partial charge on any atom is 0.267 e. The predicted octanol–water partition coefficient (Wildman–Crippen LogP) is 2.07. The van der Waals surface area contributed by atoms with Crippen molar-refractivity contribution in [2.45, 2.75) is 20.8 Å². The lowest BCUT2D eigenvalue weighted by atomic mass is 10.1. The van der Waals surface area contributed by atoms with E-state index in [-0.39, 0.29) is 18.0 Å². The van der Waals surface area contributed by atoms with E-state index in [0.29, 0.717) is 5.69 Å². The first-order chi connectivity index (χ1) is 13.0. The number of nitrogens with one attached hydrogen (secondary N) is 2. The third kappa shape index (κ3) is 6.29. The topological polar surface area (TPSA) is 68.2 Å². The zero-order chi connectivity index (χ0) is 19.8. The molecule has 0 spiro atoms. The summed E-state index contributed by atoms with van der Waals surface area (Å²) in [5.74, 6) is -0.454. The molecule has 0 unspecified atom stereocenters. The number of anilines is 3. The Morgan fingerprint density at radius 2 is 1.82 bits per heavy atom. The molecule has 5 nitrogen and oxygen atoms in total. The molecule has 0 saturated heterocycles. The fourth-order valence-electron chi connectivity index (χ4n) is 2.63. The number of nitriles is 1. The molecule has 0 aliphatic carbocycles. The van der Waals surface area contributed by atoms with E-state index in [9.17, 15) is 10.1 Å². The van der Waals surface area contributed by atoms with E-state index in [1.165, 1.54) is 6.20 Å². The zero-order valence-electron chi connectivity index (χ0n) is 16.1. The van der Waals surface area contributed by atoms with Crippen LogP contribution in [0.4, 0.5) is 17.1 Å². The molecule has 0 aliphatic rings. The largest absolute Gasteiger partial charge is 1.00 e. The van der Waals surface area contributed by atoms with Gasteiger partial charge in [0.15, 0.2) is 0 Å². The van der Waals surface area contributed by atoms with E-state index < -0.39 is 5.91 Å². The number of carbonyl (C=O) groups excluding carboxylic acids is 1. The number of halogens is 2. The zero-order valence-corrected chi connectivity index (χ0v) is 18.4. The van der Waals surface area contributed by atoms with Crippen molar-refractivity contribution in [1.29, 1.82) is 5.26 Å². The summed E-state index contributed by atoms with van der Waals surface area (Å²) in [5, 5.41) is 15.1. The molecule has 2 N–H and O–H groups in total. The molecule has 7 heteroatoms. The molecular weight excluding hydrogens is 440 g/mol. The second-order valence-electron chi connectivity index (χ2n) is 5.95. The predicted molar refractivity (Wildman–Crippen MR) is 115 cm³/mol. The summed E-state index contributed by atoms with van der Waals surface area (Å²) in [6.07, 6.45) is 1.44. The lowest BCUT2D eigenvalue weighted by Crippen LogP contribution is -3.00. The Hall–Kier alpha value is -2.49. The van der Waals surface area contributed by atoms with Gasteiger partial charge in [0.2, 0.25) is 0 Å². The van der Waals surface area contributed by atoms with Gasteiger partial charge in [0, 0.05) is 40.8 Å². The standard InChI is InChI=1S/C21H23BrN4O.ClH/c1-4-26(5-2)19-10-11-20(15(3)12-19)24-14-16(13-23)21(27)25-18-8-6-17(22)7-9-18;/h6-12,14,24H,4-5H2,1-3H3,(H,25,27);1H/p-1/b16-14-;. The average Bonchev–Trinajstić information content (AvgIpc) is 2.66. The molecule has 2 aromatic rings. The van der Waals surface area contributed by atoms with Crippen LogP contribution in [0.15, 0.2) is 58.7 Å². The van der Waals surface area contributed by atoms with Crippen molar-refractivity contribution in [1.82, 2.24) is 0 Å². The molecule has 1 amide bonds. The maximum absolute atomic E-state index is 12.3. The summed E-state index contributed by atoms with van der Waals surface area (Å²) in [5.41, 5.74) is 3.69. The molecule has 0 heterocycles. The van der Waals surface area contributed by atoms with E-state index in [1.807, 2.05) is 37.3 Å². The minimum Gasteiger partial charge on any atom is -1.00 e. The number of nitrogens with zero attached hydrogens (tertiary/aromatic N) is 2. The van der Waals surface area contributed by atoms with Crippen LogP contribution < -0.4 is 27.9 Å². The average molecular weight is 463 g/mol. The third-order valence-electron chi connectivity index (χ3n) is 4.18. The van der Waals surface area contributed by atoms with Gasteiger partial charge in [-0.3, -0.25) is 4.79 Å². The summed E-state index contributed by atoms with van der Waals surface area (Å²) in [6.45, 7) is 8.12. The van der Waals surface area contributed by atoms with Crippen LogP contribution in [0.3, 0.4) is 0 Å². The summed E-state index contributed by atoms with van der Waals surface area (Å²) < 4.78 is 0.918. The second kappa shape index (κ2) is 11.4. The van der Waals surface area contributed by atoms with Gasteiger partial charge in [-0.05, 0) is 68.8 Å². The van der Waals surface area contributed by atoms with Crippen molar-refractivity contribution in [2.75, 3.05) is 28.6 Å². The summed E-state index contributed by atoms with van der Waals surface area (Å²) >= 11 is 3.35. The number of benzene rings is 2. The van der Waals surface area contributed by atoms with E-state index in [1.54, 1.807) is 12.1 Å². The number of carbonyl (C=O) groups is 1. The Morgan fingerprint density at radius 3 is 2.36 bits per heavy atom. The highest BCUT2D eigenvalue weighted by Gasteiger charge is 2.10. The van der Waals surface area contributed by atoms with Crippen LogP contribution in [0.2, 0.25) is 0 Å². The number of aryl methyl sites for hydroxylation is 1. The van der Waals surface area contributed by atoms with Crippen molar-refractivity contribution in [3.8, 4) is 6.07 Å². The fourth-order valence-corrected chi connectivity index (χ4v) is 2.89. The van der Waals surface area contributed by atoms with Crippen molar-refractivity contribution >= 4 is 38.9 Å². The van der Waals surface area contributed by atoms with Gasteiger partial charge in [-0.1, -0.05) is 15.9 Å². The molecular formula is C21H23BrClN4O-. The third-order valence-corrected chi connectivity index (χ3v) is 4.71. The normalized spacial score (nSPS) is 10.5. The van der Waals surface area contributed by atoms with Crippen LogP contribution in [-0.2, 0) is 4.79 Å². The fraction of sp³-hybridized carbons (Fsp3) is 0.238. The quantitative estimate of drug-likeness (QED) is 0.488. The first-order valence-electron chi connectivity index (χ1n) is 8.77. The molecule has 0 bridgehead atoms. The smallest absolute Gasteiger partial charge is 0.267 e. The van der Waals surface area contributed by atoms with Gasteiger partial charge in [0.05, 0.1) is 0 Å². The first-order valence-corrected chi connectivity index (χ1v) is 9.57. The van der Waals surface area contributed by atoms with Crippen LogP contribution in [0, 0.1) is 18.3 Å². The molecule has 0 aromatic heterocycles. The molecule has 2 rings (SSSR count). The highest BCUT2D eigenvalue weighted by atomic mass is 79.9. The Bertz CT molecular complexity index is 871. The minimum atomic E-state index is -0.454. The number of hydrogen-bond donors (Lipinski definition) is 2. The van der Waals surface area contributed by atoms with Crippen molar-refractivity contribution in [3.63, 3.8) is 0 Å². The SMILES string of the molecule is CCN(CC)c1ccc(N/C=C(/C#N)C(=O)Nc2ccc(Br)cc2)c(C)c1.[Cl-]. The summed E-state index contributed by atoms with van der Waals surface area (Å²) in [6, 6.07) is 15.2. The van der Waals surface area contributed by atoms with Gasteiger partial charge in [-0.15, -0.1) is 0 Å². The molecule has 0 atom stereocenters. The van der Waals surface area contributed by atoms with Gasteiger partial charge >= 0.3 is 0 Å². The number of hydrogen-bond acceptors (Lipinski definition) is 4. The van der Waals surface area contributed by atoms with Crippen molar-refractivity contribution in [3.05, 3.63) is 64.3 Å². The Kier molecular flexibility index (Phi) is 9.57. The number of rotatable bonds is 7. The molecule has 2 aromatic carbocycles. The highest BCUT2D eigenvalue weighted by Crippen LogP contribution is 2.23. The Morgan fingerprint density at radius 1 is 1.18 bits per heavy atom. The number of amides is 1. The van der Waals surface area contributed by atoms with E-state index >= 15 is 0 Å². The molecule has 0 saturated carbocycles. The molecule has 0 radical (unpaired) electrons. The van der Waals surface area contributed by atoms with Gasteiger partial charge < -0.3 is 27.9 Å². The van der Waals surface area contributed by atoms with Crippen LogP contribution >= 0.6 is 15.9 Å². The van der Waals surface area contributed by atoms with Gasteiger partial charge in [-0.25, -0.2) is 0 Å². The Labute approximate surface area is 181 Å². The second-order valence-corrected chi connectivity index (χ2v) is 6.86. The van der Waals surface area contributed by atoms with Crippen LogP contribution in [0.1, 0.15) is 19.4 Å². The van der Waals surface area contributed by atoms with Gasteiger partial charge in [0.1, 0.15) is 11.6 Å². The summed E-state index contributed by atoms with van der Waals surface area (Å²) in [7, 11) is 0. The maximum atomic E-state index is 12.3. The summed E-state index contributed by atoms with van der Waals surface area (Å²) in [4.78, 5) is 14.6.